The molecule has 22 heavy (non-hydrogen) atoms. The number of halogens is 1. The van der Waals surface area contributed by atoms with E-state index in [0.717, 1.165) is 24.8 Å². The summed E-state index contributed by atoms with van der Waals surface area (Å²) in [5, 5.41) is 1.58. The van der Waals surface area contributed by atoms with Crippen molar-refractivity contribution in [2.75, 3.05) is 26.7 Å². The molecule has 7 heteroatoms. The molecule has 2 fully saturated rings. The fraction of sp³-hybridized carbons (Fsp3) is 0.600. The summed E-state index contributed by atoms with van der Waals surface area (Å²) in [4.78, 5) is 5.53. The van der Waals surface area contributed by atoms with Crippen LogP contribution in [-0.2, 0) is 14.9 Å². The first-order valence-electron chi connectivity index (χ1n) is 7.61. The number of nitrogens with zero attached hydrogens (tertiary/aromatic N) is 2. The molecular formula is C15H21ClN2O3S. The average molecular weight is 345 g/mol. The Morgan fingerprint density at radius 1 is 1.18 bits per heavy atom. The molecule has 2 saturated heterocycles. The maximum absolute atomic E-state index is 13.0. The van der Waals surface area contributed by atoms with Crippen molar-refractivity contribution in [3.63, 3.8) is 0 Å². The van der Waals surface area contributed by atoms with E-state index in [4.69, 9.17) is 16.4 Å². The molecule has 2 aliphatic rings. The lowest BCUT2D eigenvalue weighted by Crippen LogP contribution is -2.44. The maximum atomic E-state index is 13.0. The van der Waals surface area contributed by atoms with Gasteiger partial charge >= 0.3 is 0 Å². The molecule has 0 aromatic heterocycles. The second kappa shape index (κ2) is 6.45. The van der Waals surface area contributed by atoms with Gasteiger partial charge in [-0.15, -0.1) is 0 Å². The lowest BCUT2D eigenvalue weighted by atomic mass is 10.0. The van der Waals surface area contributed by atoms with Crippen LogP contribution in [0, 0.1) is 0 Å². The number of hydrogen-bond donors (Lipinski definition) is 0. The van der Waals surface area contributed by atoms with E-state index in [1.165, 1.54) is 0 Å². The normalized spacial score (nSPS) is 28.1. The highest BCUT2D eigenvalue weighted by molar-refractivity contribution is 7.89. The highest BCUT2D eigenvalue weighted by Gasteiger charge is 2.46. The summed E-state index contributed by atoms with van der Waals surface area (Å²) >= 11 is 6.28. The Hall–Kier alpha value is -0.660. The molecule has 2 heterocycles. The van der Waals surface area contributed by atoms with Crippen molar-refractivity contribution < 1.29 is 13.3 Å². The minimum atomic E-state index is -3.40. The molecule has 1 aromatic carbocycles. The van der Waals surface area contributed by atoms with Gasteiger partial charge in [0.15, 0.2) is 0 Å². The first-order valence-corrected chi connectivity index (χ1v) is 9.49. The fourth-order valence-corrected chi connectivity index (χ4v) is 5.54. The van der Waals surface area contributed by atoms with Crippen LogP contribution in [0.15, 0.2) is 24.3 Å². The fourth-order valence-electron chi connectivity index (χ4n) is 3.27. The van der Waals surface area contributed by atoms with Gasteiger partial charge in [0.05, 0.1) is 12.6 Å². The van der Waals surface area contributed by atoms with Crippen LogP contribution in [0.25, 0.3) is 0 Å². The molecule has 0 N–H and O–H groups in total. The van der Waals surface area contributed by atoms with Crippen molar-refractivity contribution in [3.05, 3.63) is 34.9 Å². The van der Waals surface area contributed by atoms with E-state index in [0.29, 0.717) is 18.1 Å². The molecule has 0 bridgehead atoms. The summed E-state index contributed by atoms with van der Waals surface area (Å²) < 4.78 is 27.6. The van der Waals surface area contributed by atoms with Gasteiger partial charge in [-0.1, -0.05) is 36.2 Å². The molecule has 0 saturated carbocycles. The Bertz CT molecular complexity index is 631. The van der Waals surface area contributed by atoms with Gasteiger partial charge in [-0.3, -0.25) is 4.84 Å². The lowest BCUT2D eigenvalue weighted by Gasteiger charge is -2.31. The molecule has 0 radical (unpaired) electrons. The Morgan fingerprint density at radius 3 is 2.55 bits per heavy atom. The second-order valence-corrected chi connectivity index (χ2v) is 8.41. The van der Waals surface area contributed by atoms with E-state index >= 15 is 0 Å². The van der Waals surface area contributed by atoms with Crippen LogP contribution in [0.3, 0.4) is 0 Å². The standard InChI is InChI=1S/C15H21ClN2O3S/c1-17-15(12-7-3-4-8-13(12)16)14(11-21-17)22(19,20)18-9-5-2-6-10-18/h3-4,7-8,14-15H,2,5-6,9-11H2,1H3. The van der Waals surface area contributed by atoms with E-state index < -0.39 is 15.3 Å². The first-order chi connectivity index (χ1) is 10.5. The van der Waals surface area contributed by atoms with Crippen LogP contribution >= 0.6 is 11.6 Å². The van der Waals surface area contributed by atoms with Crippen molar-refractivity contribution in [2.45, 2.75) is 30.6 Å². The van der Waals surface area contributed by atoms with Crippen molar-refractivity contribution in [2.24, 2.45) is 0 Å². The Morgan fingerprint density at radius 2 is 1.86 bits per heavy atom. The van der Waals surface area contributed by atoms with Crippen LogP contribution in [-0.4, -0.2) is 49.8 Å². The zero-order chi connectivity index (χ0) is 15.7. The minimum Gasteiger partial charge on any atom is -0.297 e. The number of hydroxylamine groups is 2. The van der Waals surface area contributed by atoms with Crippen molar-refractivity contribution in [1.29, 1.82) is 0 Å². The highest BCUT2D eigenvalue weighted by Crippen LogP contribution is 2.38. The van der Waals surface area contributed by atoms with Gasteiger partial charge in [0.25, 0.3) is 0 Å². The molecule has 5 nitrogen and oxygen atoms in total. The average Bonchev–Trinajstić information content (AvgIpc) is 2.91. The van der Waals surface area contributed by atoms with Crippen molar-refractivity contribution in [1.82, 2.24) is 9.37 Å². The van der Waals surface area contributed by atoms with Crippen molar-refractivity contribution >= 4 is 21.6 Å². The van der Waals surface area contributed by atoms with Crippen LogP contribution in [0.1, 0.15) is 30.9 Å². The zero-order valence-electron chi connectivity index (χ0n) is 12.6. The second-order valence-electron chi connectivity index (χ2n) is 5.85. The van der Waals surface area contributed by atoms with Gasteiger partial charge in [0.2, 0.25) is 10.0 Å². The molecule has 2 aliphatic heterocycles. The minimum absolute atomic E-state index is 0.172. The zero-order valence-corrected chi connectivity index (χ0v) is 14.2. The SMILES string of the molecule is CN1OCC(S(=O)(=O)N2CCCCC2)C1c1ccccc1Cl. The third kappa shape index (κ3) is 2.90. The van der Waals surface area contributed by atoms with E-state index in [1.54, 1.807) is 22.5 Å². The number of sulfonamides is 1. The van der Waals surface area contributed by atoms with E-state index in [1.807, 2.05) is 18.2 Å². The highest BCUT2D eigenvalue weighted by atomic mass is 35.5. The van der Waals surface area contributed by atoms with Gasteiger partial charge < -0.3 is 0 Å². The number of benzene rings is 1. The van der Waals surface area contributed by atoms with Gasteiger partial charge in [0, 0.05) is 25.2 Å². The molecule has 0 amide bonds. The van der Waals surface area contributed by atoms with Gasteiger partial charge in [0.1, 0.15) is 5.25 Å². The number of piperidine rings is 1. The van der Waals surface area contributed by atoms with E-state index in [-0.39, 0.29) is 12.6 Å². The summed E-state index contributed by atoms with van der Waals surface area (Å²) in [6.07, 6.45) is 2.96. The summed E-state index contributed by atoms with van der Waals surface area (Å²) in [5.74, 6) is 0. The van der Waals surface area contributed by atoms with Gasteiger partial charge in [-0.2, -0.15) is 5.06 Å². The molecule has 0 aliphatic carbocycles. The van der Waals surface area contributed by atoms with E-state index in [2.05, 4.69) is 0 Å². The van der Waals surface area contributed by atoms with Crippen LogP contribution in [0.2, 0.25) is 5.02 Å². The van der Waals surface area contributed by atoms with Crippen molar-refractivity contribution in [3.8, 4) is 0 Å². The molecule has 2 unspecified atom stereocenters. The molecular weight excluding hydrogens is 324 g/mol. The van der Waals surface area contributed by atoms with Gasteiger partial charge in [-0.25, -0.2) is 12.7 Å². The molecule has 2 atom stereocenters. The van der Waals surface area contributed by atoms with Crippen LogP contribution < -0.4 is 0 Å². The smallest absolute Gasteiger partial charge is 0.221 e. The molecule has 0 spiro atoms. The Balaban J connectivity index is 1.93. The number of hydrogen-bond acceptors (Lipinski definition) is 4. The monoisotopic (exact) mass is 344 g/mol. The quantitative estimate of drug-likeness (QED) is 0.845. The third-order valence-electron chi connectivity index (χ3n) is 4.47. The van der Waals surface area contributed by atoms with Crippen LogP contribution in [0.5, 0.6) is 0 Å². The topological polar surface area (TPSA) is 49.9 Å². The molecule has 122 valence electrons. The maximum Gasteiger partial charge on any atom is 0.221 e. The predicted octanol–water partition coefficient (Wildman–Crippen LogP) is 2.44. The Kier molecular flexibility index (Phi) is 4.75. The summed E-state index contributed by atoms with van der Waals surface area (Å²) in [6.45, 7) is 1.39. The van der Waals surface area contributed by atoms with E-state index in [9.17, 15) is 8.42 Å². The third-order valence-corrected chi connectivity index (χ3v) is 7.06. The lowest BCUT2D eigenvalue weighted by molar-refractivity contribution is -0.110. The van der Waals surface area contributed by atoms with Crippen LogP contribution in [0.4, 0.5) is 0 Å². The van der Waals surface area contributed by atoms with Gasteiger partial charge in [-0.05, 0) is 24.5 Å². The Labute approximate surface area is 136 Å². The first kappa shape index (κ1) is 16.2. The molecule has 1 aromatic rings. The number of rotatable bonds is 3. The summed E-state index contributed by atoms with van der Waals surface area (Å²) in [7, 11) is -1.64. The summed E-state index contributed by atoms with van der Waals surface area (Å²) in [6, 6.07) is 7.00. The molecule has 3 rings (SSSR count). The predicted molar refractivity (Wildman–Crippen MR) is 86.0 cm³/mol. The largest absolute Gasteiger partial charge is 0.297 e. The summed E-state index contributed by atoms with van der Waals surface area (Å²) in [5.41, 5.74) is 0.801.